The smallest absolute Gasteiger partial charge is 0.137 e. The molecule has 4 aromatic rings. The van der Waals surface area contributed by atoms with E-state index in [9.17, 15) is 0 Å². The second-order valence-electron chi connectivity index (χ2n) is 5.44. The lowest BCUT2D eigenvalue weighted by Gasteiger charge is -2.05. The van der Waals surface area contributed by atoms with Crippen LogP contribution in [0.2, 0.25) is 0 Å². The average molecular weight is 287 g/mol. The first-order valence-corrected chi connectivity index (χ1v) is 7.52. The molecule has 2 heterocycles. The van der Waals surface area contributed by atoms with E-state index >= 15 is 0 Å². The maximum Gasteiger partial charge on any atom is 0.137 e. The summed E-state index contributed by atoms with van der Waals surface area (Å²) in [5.74, 6) is 0. The molecule has 4 rings (SSSR count). The van der Waals surface area contributed by atoms with Crippen LogP contribution in [0.3, 0.4) is 0 Å². The molecule has 2 N–H and O–H groups in total. The molecule has 0 atom stereocenters. The maximum absolute atomic E-state index is 5.81. The Hall–Kier alpha value is -2.65. The van der Waals surface area contributed by atoms with Crippen molar-refractivity contribution in [3.8, 4) is 11.3 Å². The van der Waals surface area contributed by atoms with E-state index in [2.05, 4.69) is 53.1 Å². The number of nitrogens with zero attached hydrogens (tertiary/aromatic N) is 2. The van der Waals surface area contributed by atoms with Crippen molar-refractivity contribution in [3.05, 3.63) is 72.6 Å². The van der Waals surface area contributed by atoms with Gasteiger partial charge in [-0.1, -0.05) is 42.5 Å². The van der Waals surface area contributed by atoms with Gasteiger partial charge in [0.15, 0.2) is 0 Å². The number of fused-ring (bicyclic) bond motifs is 2. The molecule has 3 nitrogen and oxygen atoms in total. The molecule has 0 aliphatic heterocycles. The van der Waals surface area contributed by atoms with E-state index in [1.807, 2.05) is 18.2 Å². The Labute approximate surface area is 129 Å². The third kappa shape index (κ3) is 2.07. The largest absolute Gasteiger partial charge is 0.330 e. The van der Waals surface area contributed by atoms with E-state index in [4.69, 9.17) is 10.7 Å². The van der Waals surface area contributed by atoms with E-state index in [1.54, 1.807) is 0 Å². The third-order valence-corrected chi connectivity index (χ3v) is 4.03. The van der Waals surface area contributed by atoms with Crippen LogP contribution in [0.5, 0.6) is 0 Å². The van der Waals surface area contributed by atoms with E-state index in [0.29, 0.717) is 6.54 Å². The van der Waals surface area contributed by atoms with Gasteiger partial charge < -0.3 is 10.1 Å². The van der Waals surface area contributed by atoms with Crippen molar-refractivity contribution in [1.29, 1.82) is 0 Å². The molecule has 0 amide bonds. The van der Waals surface area contributed by atoms with Crippen molar-refractivity contribution in [2.45, 2.75) is 6.42 Å². The van der Waals surface area contributed by atoms with Crippen molar-refractivity contribution >= 4 is 16.4 Å². The first-order chi connectivity index (χ1) is 10.9. The number of hydrogen-bond donors (Lipinski definition) is 1. The van der Waals surface area contributed by atoms with Crippen molar-refractivity contribution in [2.24, 2.45) is 5.73 Å². The van der Waals surface area contributed by atoms with Gasteiger partial charge in [0.25, 0.3) is 0 Å². The van der Waals surface area contributed by atoms with Gasteiger partial charge in [-0.3, -0.25) is 0 Å². The predicted molar refractivity (Wildman–Crippen MR) is 90.9 cm³/mol. The summed E-state index contributed by atoms with van der Waals surface area (Å²) in [4.78, 5) is 4.82. The highest BCUT2D eigenvalue weighted by Gasteiger charge is 2.13. The molecule has 0 saturated heterocycles. The molecule has 0 spiro atoms. The molecular formula is C19H17N3. The average Bonchev–Trinajstić information content (AvgIpc) is 2.94. The summed E-state index contributed by atoms with van der Waals surface area (Å²) in [5.41, 5.74) is 10.1. The molecule has 0 fully saturated rings. The maximum atomic E-state index is 5.81. The molecule has 0 bridgehead atoms. The van der Waals surface area contributed by atoms with Crippen LogP contribution in [-0.4, -0.2) is 15.9 Å². The Morgan fingerprint density at radius 1 is 0.909 bits per heavy atom. The number of benzene rings is 2. The highest BCUT2D eigenvalue weighted by atomic mass is 15.0. The fraction of sp³-hybridized carbons (Fsp3) is 0.105. The number of pyridine rings is 1. The molecule has 22 heavy (non-hydrogen) atoms. The summed E-state index contributed by atoms with van der Waals surface area (Å²) >= 11 is 0. The van der Waals surface area contributed by atoms with Crippen LogP contribution in [0.25, 0.3) is 27.7 Å². The lowest BCUT2D eigenvalue weighted by atomic mass is 10.0. The molecule has 0 radical (unpaired) electrons. The van der Waals surface area contributed by atoms with Crippen LogP contribution < -0.4 is 5.73 Å². The van der Waals surface area contributed by atoms with Crippen LogP contribution in [0.1, 0.15) is 5.69 Å². The Kier molecular flexibility index (Phi) is 3.13. The van der Waals surface area contributed by atoms with Crippen molar-refractivity contribution in [2.75, 3.05) is 6.54 Å². The van der Waals surface area contributed by atoms with Gasteiger partial charge in [0.2, 0.25) is 0 Å². The quantitative estimate of drug-likeness (QED) is 0.625. The fourth-order valence-corrected chi connectivity index (χ4v) is 2.99. The van der Waals surface area contributed by atoms with Crippen LogP contribution in [0.4, 0.5) is 0 Å². The topological polar surface area (TPSA) is 43.3 Å². The summed E-state index contributed by atoms with van der Waals surface area (Å²) in [6.45, 7) is 0.614. The second kappa shape index (κ2) is 5.28. The molecule has 0 aliphatic carbocycles. The lowest BCUT2D eigenvalue weighted by molar-refractivity contribution is 0.907. The lowest BCUT2D eigenvalue weighted by Crippen LogP contribution is -2.06. The first kappa shape index (κ1) is 13.0. The number of imidazole rings is 1. The zero-order valence-electron chi connectivity index (χ0n) is 12.2. The molecule has 108 valence electrons. The molecule has 2 aromatic heterocycles. The van der Waals surface area contributed by atoms with Gasteiger partial charge in [-0.15, -0.1) is 0 Å². The van der Waals surface area contributed by atoms with Gasteiger partial charge >= 0.3 is 0 Å². The summed E-state index contributed by atoms with van der Waals surface area (Å²) in [7, 11) is 0. The molecule has 3 heteroatoms. The molecule has 0 saturated carbocycles. The standard InChI is InChI=1S/C19H17N3/c20-11-10-17-19(21-18-7-3-4-12-22(17)18)16-9-8-14-5-1-2-6-15(14)13-16/h1-9,12-13H,10-11,20H2. The number of nitrogens with two attached hydrogens (primary N) is 1. The van der Waals surface area contributed by atoms with Gasteiger partial charge in [0.05, 0.1) is 11.4 Å². The van der Waals surface area contributed by atoms with Crippen molar-refractivity contribution < 1.29 is 0 Å². The molecule has 2 aromatic carbocycles. The van der Waals surface area contributed by atoms with Crippen LogP contribution in [0, 0.1) is 0 Å². The minimum Gasteiger partial charge on any atom is -0.330 e. The van der Waals surface area contributed by atoms with Gasteiger partial charge in [-0.25, -0.2) is 4.98 Å². The first-order valence-electron chi connectivity index (χ1n) is 7.52. The van der Waals surface area contributed by atoms with E-state index < -0.39 is 0 Å². The van der Waals surface area contributed by atoms with E-state index in [-0.39, 0.29) is 0 Å². The number of rotatable bonds is 3. The molecule has 0 aliphatic rings. The number of hydrogen-bond acceptors (Lipinski definition) is 2. The summed E-state index contributed by atoms with van der Waals surface area (Å²) in [6.07, 6.45) is 2.87. The van der Waals surface area contributed by atoms with Crippen LogP contribution in [0.15, 0.2) is 66.9 Å². The van der Waals surface area contributed by atoms with Gasteiger partial charge in [-0.2, -0.15) is 0 Å². The Bertz CT molecular complexity index is 953. The van der Waals surface area contributed by atoms with Gasteiger partial charge in [0.1, 0.15) is 5.65 Å². The minimum atomic E-state index is 0.614. The summed E-state index contributed by atoms with van der Waals surface area (Å²) in [5, 5.41) is 2.48. The minimum absolute atomic E-state index is 0.614. The normalized spacial score (nSPS) is 11.3. The van der Waals surface area contributed by atoms with E-state index in [0.717, 1.165) is 23.3 Å². The van der Waals surface area contributed by atoms with E-state index in [1.165, 1.54) is 16.5 Å². The Balaban J connectivity index is 1.96. The van der Waals surface area contributed by atoms with Gasteiger partial charge in [-0.05, 0) is 35.5 Å². The highest BCUT2D eigenvalue weighted by molar-refractivity contribution is 5.87. The second-order valence-corrected chi connectivity index (χ2v) is 5.44. The van der Waals surface area contributed by atoms with Crippen molar-refractivity contribution in [1.82, 2.24) is 9.38 Å². The van der Waals surface area contributed by atoms with Crippen LogP contribution in [-0.2, 0) is 6.42 Å². The number of aromatic nitrogens is 2. The Morgan fingerprint density at radius 2 is 1.73 bits per heavy atom. The zero-order valence-corrected chi connectivity index (χ0v) is 12.2. The van der Waals surface area contributed by atoms with Crippen molar-refractivity contribution in [3.63, 3.8) is 0 Å². The summed E-state index contributed by atoms with van der Waals surface area (Å²) in [6, 6.07) is 21.0. The zero-order chi connectivity index (χ0) is 14.9. The van der Waals surface area contributed by atoms with Crippen LogP contribution >= 0.6 is 0 Å². The highest BCUT2D eigenvalue weighted by Crippen LogP contribution is 2.27. The monoisotopic (exact) mass is 287 g/mol. The Morgan fingerprint density at radius 3 is 2.59 bits per heavy atom. The molecular weight excluding hydrogens is 270 g/mol. The summed E-state index contributed by atoms with van der Waals surface area (Å²) < 4.78 is 2.14. The SMILES string of the molecule is NCCc1c(-c2ccc3ccccc3c2)nc2ccccn12. The molecule has 0 unspecified atom stereocenters. The van der Waals surface area contributed by atoms with Gasteiger partial charge in [0, 0.05) is 18.2 Å². The predicted octanol–water partition coefficient (Wildman–Crippen LogP) is 3.66. The third-order valence-electron chi connectivity index (χ3n) is 4.03. The fourth-order valence-electron chi connectivity index (χ4n) is 2.99.